The standard InChI is InChI=1S/C28H32N6O2.CH4/c1-21-26(20-34(31-21)19-22-5-3-2-4-6-22)28(35)30-24-7-8-27(23(17-24)18-29)33-11-9-25(10-12-33)32-13-15-36-16-14-32;/h2-8,17,20,25H,9-16,19H2,1H3,(H,30,35);1H4. The van der Waals surface area contributed by atoms with Gasteiger partial charge in [-0.2, -0.15) is 10.4 Å². The highest BCUT2D eigenvalue weighted by Crippen LogP contribution is 2.28. The molecule has 2 fully saturated rings. The molecule has 37 heavy (non-hydrogen) atoms. The van der Waals surface area contributed by atoms with E-state index < -0.39 is 0 Å². The number of amides is 1. The van der Waals surface area contributed by atoms with E-state index >= 15 is 0 Å². The van der Waals surface area contributed by atoms with Crippen molar-refractivity contribution in [2.75, 3.05) is 49.6 Å². The molecule has 8 heteroatoms. The summed E-state index contributed by atoms with van der Waals surface area (Å²) in [5.74, 6) is -0.227. The molecule has 0 bridgehead atoms. The van der Waals surface area contributed by atoms with Crippen LogP contribution in [0.5, 0.6) is 0 Å². The molecule has 2 aromatic carbocycles. The second kappa shape index (κ2) is 12.0. The molecule has 194 valence electrons. The first kappa shape index (κ1) is 26.4. The van der Waals surface area contributed by atoms with E-state index in [1.807, 2.05) is 49.4 Å². The summed E-state index contributed by atoms with van der Waals surface area (Å²) in [5, 5.41) is 17.3. The van der Waals surface area contributed by atoms with Crippen molar-refractivity contribution in [2.45, 2.75) is 39.8 Å². The van der Waals surface area contributed by atoms with Gasteiger partial charge in [-0.05, 0) is 43.5 Å². The number of anilines is 2. The molecule has 8 nitrogen and oxygen atoms in total. The summed E-state index contributed by atoms with van der Waals surface area (Å²) in [6.07, 6.45) is 3.93. The number of aryl methyl sites for hydroxylation is 1. The molecule has 0 saturated carbocycles. The van der Waals surface area contributed by atoms with Crippen molar-refractivity contribution in [1.82, 2.24) is 14.7 Å². The maximum absolute atomic E-state index is 13.0. The first-order chi connectivity index (χ1) is 17.6. The minimum absolute atomic E-state index is 0. The van der Waals surface area contributed by atoms with E-state index in [0.717, 1.165) is 63.5 Å². The summed E-state index contributed by atoms with van der Waals surface area (Å²) < 4.78 is 7.27. The summed E-state index contributed by atoms with van der Waals surface area (Å²) >= 11 is 0. The Morgan fingerprint density at radius 2 is 1.84 bits per heavy atom. The lowest BCUT2D eigenvalue weighted by Crippen LogP contribution is -2.49. The number of nitrogens with zero attached hydrogens (tertiary/aromatic N) is 5. The van der Waals surface area contributed by atoms with Crippen LogP contribution < -0.4 is 10.2 Å². The van der Waals surface area contributed by atoms with E-state index in [1.54, 1.807) is 16.9 Å². The molecule has 0 unspecified atom stereocenters. The largest absolute Gasteiger partial charge is 0.379 e. The second-order valence-corrected chi connectivity index (χ2v) is 9.48. The molecule has 1 amide bonds. The van der Waals surface area contributed by atoms with Crippen molar-refractivity contribution < 1.29 is 9.53 Å². The number of rotatable bonds is 6. The smallest absolute Gasteiger partial charge is 0.259 e. The third kappa shape index (κ3) is 6.19. The van der Waals surface area contributed by atoms with Gasteiger partial charge in [0.1, 0.15) is 6.07 Å². The monoisotopic (exact) mass is 500 g/mol. The predicted octanol–water partition coefficient (Wildman–Crippen LogP) is 4.30. The van der Waals surface area contributed by atoms with Gasteiger partial charge in [0.05, 0.1) is 42.3 Å². The van der Waals surface area contributed by atoms with Gasteiger partial charge in [0, 0.05) is 44.1 Å². The fourth-order valence-electron chi connectivity index (χ4n) is 5.18. The fraction of sp³-hybridized carbons (Fsp3) is 0.414. The van der Waals surface area contributed by atoms with Crippen molar-refractivity contribution in [1.29, 1.82) is 5.26 Å². The van der Waals surface area contributed by atoms with E-state index in [0.29, 0.717) is 35.1 Å². The lowest BCUT2D eigenvalue weighted by atomic mass is 10.0. The van der Waals surface area contributed by atoms with Crippen LogP contribution in [-0.4, -0.2) is 66.0 Å². The number of carbonyl (C=O) groups is 1. The number of aromatic nitrogens is 2. The van der Waals surface area contributed by atoms with E-state index in [1.165, 1.54) is 0 Å². The molecule has 2 aliphatic rings. The molecule has 3 heterocycles. The third-order valence-corrected chi connectivity index (χ3v) is 7.12. The van der Waals surface area contributed by atoms with Crippen LogP contribution in [0.25, 0.3) is 0 Å². The Bertz CT molecular complexity index is 1240. The van der Waals surface area contributed by atoms with E-state index in [9.17, 15) is 10.1 Å². The predicted molar refractivity (Wildman–Crippen MR) is 146 cm³/mol. The number of nitriles is 1. The number of hydrogen-bond donors (Lipinski definition) is 1. The van der Waals surface area contributed by atoms with Gasteiger partial charge in [-0.3, -0.25) is 14.4 Å². The van der Waals surface area contributed by atoms with Gasteiger partial charge in [-0.1, -0.05) is 37.8 Å². The molecular weight excluding hydrogens is 464 g/mol. The summed E-state index contributed by atoms with van der Waals surface area (Å²) in [7, 11) is 0. The van der Waals surface area contributed by atoms with Gasteiger partial charge in [-0.25, -0.2) is 0 Å². The Labute approximate surface area is 219 Å². The first-order valence-corrected chi connectivity index (χ1v) is 12.6. The zero-order chi connectivity index (χ0) is 24.9. The molecule has 2 aliphatic heterocycles. The Morgan fingerprint density at radius 1 is 1.11 bits per heavy atom. The van der Waals surface area contributed by atoms with Gasteiger partial charge in [0.15, 0.2) is 0 Å². The van der Waals surface area contributed by atoms with Crippen molar-refractivity contribution in [3.05, 3.63) is 77.1 Å². The average Bonchev–Trinajstić information content (AvgIpc) is 3.29. The SMILES string of the molecule is C.Cc1nn(Cc2ccccc2)cc1C(=O)Nc1ccc(N2CCC(N3CCOCC3)CC2)c(C#N)c1. The number of benzene rings is 2. The fourth-order valence-corrected chi connectivity index (χ4v) is 5.18. The van der Waals surface area contributed by atoms with Gasteiger partial charge < -0.3 is 15.0 Å². The summed E-state index contributed by atoms with van der Waals surface area (Å²) in [5.41, 5.74) is 4.44. The van der Waals surface area contributed by atoms with Gasteiger partial charge in [0.25, 0.3) is 5.91 Å². The summed E-state index contributed by atoms with van der Waals surface area (Å²) in [6, 6.07) is 18.5. The Kier molecular flexibility index (Phi) is 8.59. The molecule has 0 aliphatic carbocycles. The highest BCUT2D eigenvalue weighted by Gasteiger charge is 2.27. The zero-order valence-corrected chi connectivity index (χ0v) is 20.7. The zero-order valence-electron chi connectivity index (χ0n) is 20.7. The van der Waals surface area contributed by atoms with E-state index in [4.69, 9.17) is 4.74 Å². The lowest BCUT2D eigenvalue weighted by molar-refractivity contribution is 0.0115. The number of carbonyl (C=O) groups excluding carboxylic acids is 1. The number of morpholine rings is 1. The van der Waals surface area contributed by atoms with Crippen LogP contribution in [0.2, 0.25) is 0 Å². The Balaban J connectivity index is 0.00000320. The summed E-state index contributed by atoms with van der Waals surface area (Å²) in [6.45, 7) is 7.93. The minimum Gasteiger partial charge on any atom is -0.379 e. The summed E-state index contributed by atoms with van der Waals surface area (Å²) in [4.78, 5) is 17.8. The quantitative estimate of drug-likeness (QED) is 0.543. The molecule has 3 aromatic rings. The van der Waals surface area contributed by atoms with Crippen LogP contribution >= 0.6 is 0 Å². The van der Waals surface area contributed by atoms with Crippen molar-refractivity contribution >= 4 is 17.3 Å². The molecule has 0 radical (unpaired) electrons. The van der Waals surface area contributed by atoms with Crippen LogP contribution in [0, 0.1) is 18.3 Å². The van der Waals surface area contributed by atoms with Crippen LogP contribution in [0.3, 0.4) is 0 Å². The Morgan fingerprint density at radius 3 is 2.54 bits per heavy atom. The maximum Gasteiger partial charge on any atom is 0.259 e. The highest BCUT2D eigenvalue weighted by atomic mass is 16.5. The topological polar surface area (TPSA) is 86.4 Å². The molecule has 5 rings (SSSR count). The number of nitrogens with one attached hydrogen (secondary N) is 1. The van der Waals surface area contributed by atoms with Crippen LogP contribution in [0.15, 0.2) is 54.7 Å². The molecule has 2 saturated heterocycles. The number of ether oxygens (including phenoxy) is 1. The van der Waals surface area contributed by atoms with Crippen LogP contribution in [0.4, 0.5) is 11.4 Å². The van der Waals surface area contributed by atoms with Gasteiger partial charge >= 0.3 is 0 Å². The van der Waals surface area contributed by atoms with Crippen LogP contribution in [0.1, 0.15) is 47.4 Å². The average molecular weight is 501 g/mol. The highest BCUT2D eigenvalue weighted by molar-refractivity contribution is 6.05. The van der Waals surface area contributed by atoms with E-state index in [-0.39, 0.29) is 13.3 Å². The third-order valence-electron chi connectivity index (χ3n) is 7.12. The Hall–Kier alpha value is -3.67. The minimum atomic E-state index is -0.227. The van der Waals surface area contributed by atoms with Crippen molar-refractivity contribution in [3.63, 3.8) is 0 Å². The number of piperidine rings is 1. The number of hydrogen-bond acceptors (Lipinski definition) is 6. The lowest BCUT2D eigenvalue weighted by Gasteiger charge is -2.41. The van der Waals surface area contributed by atoms with E-state index in [2.05, 4.69) is 26.3 Å². The van der Waals surface area contributed by atoms with Crippen molar-refractivity contribution in [2.24, 2.45) is 0 Å². The molecule has 0 atom stereocenters. The molecule has 1 N–H and O–H groups in total. The maximum atomic E-state index is 13.0. The van der Waals surface area contributed by atoms with Crippen molar-refractivity contribution in [3.8, 4) is 6.07 Å². The first-order valence-electron chi connectivity index (χ1n) is 12.6. The van der Waals surface area contributed by atoms with Gasteiger partial charge in [0.2, 0.25) is 0 Å². The normalized spacial score (nSPS) is 16.6. The second-order valence-electron chi connectivity index (χ2n) is 9.48. The molecular formula is C29H36N6O2. The van der Waals surface area contributed by atoms with Gasteiger partial charge in [-0.15, -0.1) is 0 Å². The molecule has 1 aromatic heterocycles. The molecule has 0 spiro atoms. The van der Waals surface area contributed by atoms with Crippen LogP contribution in [-0.2, 0) is 11.3 Å².